The molecular formula is C16H29N3O6Pt. The van der Waals surface area contributed by atoms with Crippen LogP contribution in [0, 0.1) is 5.92 Å². The van der Waals surface area contributed by atoms with Crippen LogP contribution in [0.4, 0.5) is 0 Å². The van der Waals surface area contributed by atoms with Gasteiger partial charge in [0.15, 0.2) is 0 Å². The number of amides is 1. The minimum absolute atomic E-state index is 0. The maximum atomic E-state index is 10.6. The molecule has 0 spiro atoms. The second-order valence-electron chi connectivity index (χ2n) is 6.29. The fourth-order valence-corrected chi connectivity index (χ4v) is 2.56. The Morgan fingerprint density at radius 2 is 1.42 bits per heavy atom. The molecular weight excluding hydrogens is 525 g/mol. The van der Waals surface area contributed by atoms with Crippen molar-refractivity contribution in [3.8, 4) is 0 Å². The molecule has 10 heteroatoms. The first-order valence-corrected chi connectivity index (χ1v) is 8.65. The zero-order valence-corrected chi connectivity index (χ0v) is 17.0. The summed E-state index contributed by atoms with van der Waals surface area (Å²) in [5, 5.41) is 28.9. The van der Waals surface area contributed by atoms with Gasteiger partial charge in [-0.2, -0.15) is 0 Å². The van der Waals surface area contributed by atoms with Crippen LogP contribution in [-0.2, 0) is 35.4 Å². The van der Waals surface area contributed by atoms with Crippen molar-refractivity contribution in [3.63, 3.8) is 0 Å². The second kappa shape index (κ2) is 16.2. The quantitative estimate of drug-likeness (QED) is 0.111. The Labute approximate surface area is 168 Å². The van der Waals surface area contributed by atoms with E-state index in [4.69, 9.17) is 16.7 Å². The summed E-state index contributed by atoms with van der Waals surface area (Å²) in [6.45, 7) is 0. The molecule has 0 aromatic heterocycles. The van der Waals surface area contributed by atoms with E-state index in [-0.39, 0.29) is 46.0 Å². The Balaban J connectivity index is 0. The number of rotatable bonds is 9. The Bertz CT molecular complexity index is 401. The third kappa shape index (κ3) is 13.2. The largest absolute Gasteiger partial charge is 2.00 e. The van der Waals surface area contributed by atoms with Gasteiger partial charge < -0.3 is 31.3 Å². The van der Waals surface area contributed by atoms with Gasteiger partial charge in [-0.05, 0) is 25.7 Å². The standard InChI is InChI=1S/C10H17NO6.C6H14N2.Pt/c12-8(11-17)6-4-2-1-3-5-7(9(13)14)10(15)16;7-5-3-1-2-4-6(5)8;/h7,17H,1-6H2,(H,11,12)(H,13,14)(H,15,16);5-6H,1-4,7-8H2;/q;;+2/p-2/t;5-,6-;/m.1./s1. The summed E-state index contributed by atoms with van der Waals surface area (Å²) in [7, 11) is 0. The van der Waals surface area contributed by atoms with E-state index in [0.29, 0.717) is 25.7 Å². The maximum Gasteiger partial charge on any atom is 2.00 e. The number of unbranched alkanes of at least 4 members (excludes halogenated alkanes) is 3. The number of aliphatic carboxylic acids is 2. The van der Waals surface area contributed by atoms with Crippen LogP contribution in [0.1, 0.15) is 64.2 Å². The Hall–Kier alpha value is -1.02. The minimum Gasteiger partial charge on any atom is -0.549 e. The third-order valence-corrected chi connectivity index (χ3v) is 4.22. The molecule has 0 aromatic carbocycles. The normalized spacial score (nSPS) is 18.9. The number of hydrogen-bond donors (Lipinski definition) is 4. The molecule has 154 valence electrons. The maximum absolute atomic E-state index is 10.6. The molecule has 0 unspecified atom stereocenters. The van der Waals surface area contributed by atoms with E-state index in [1.807, 2.05) is 0 Å². The van der Waals surface area contributed by atoms with E-state index >= 15 is 0 Å². The topological polar surface area (TPSA) is 182 Å². The summed E-state index contributed by atoms with van der Waals surface area (Å²) in [4.78, 5) is 31.4. The van der Waals surface area contributed by atoms with Gasteiger partial charge in [-0.15, -0.1) is 0 Å². The monoisotopic (exact) mass is 554 g/mol. The minimum atomic E-state index is -1.63. The molecule has 0 heterocycles. The van der Waals surface area contributed by atoms with Crippen LogP contribution in [0.5, 0.6) is 0 Å². The van der Waals surface area contributed by atoms with Gasteiger partial charge in [-0.25, -0.2) is 5.48 Å². The van der Waals surface area contributed by atoms with Crippen molar-refractivity contribution in [1.82, 2.24) is 5.48 Å². The Morgan fingerprint density at radius 1 is 0.962 bits per heavy atom. The van der Waals surface area contributed by atoms with Gasteiger partial charge in [-0.1, -0.05) is 32.1 Å². The average Bonchev–Trinajstić information content (AvgIpc) is 2.56. The molecule has 1 aliphatic carbocycles. The first kappa shape index (κ1) is 27.2. The summed E-state index contributed by atoms with van der Waals surface area (Å²) in [6, 6.07) is 0.562. The number of carbonyl (C=O) groups is 3. The Kier molecular flexibility index (Phi) is 16.9. The molecule has 0 radical (unpaired) electrons. The molecule has 6 N–H and O–H groups in total. The van der Waals surface area contributed by atoms with Crippen LogP contribution in [0.3, 0.4) is 0 Å². The summed E-state index contributed by atoms with van der Waals surface area (Å²) in [5.74, 6) is -5.32. The fourth-order valence-electron chi connectivity index (χ4n) is 2.56. The molecule has 1 saturated carbocycles. The summed E-state index contributed by atoms with van der Waals surface area (Å²) in [5.41, 5.74) is 12.8. The van der Waals surface area contributed by atoms with Crippen LogP contribution < -0.4 is 27.2 Å². The van der Waals surface area contributed by atoms with Gasteiger partial charge >= 0.3 is 21.1 Å². The van der Waals surface area contributed by atoms with Gasteiger partial charge in [0.05, 0.1) is 11.9 Å². The predicted molar refractivity (Wildman–Crippen MR) is 85.6 cm³/mol. The smallest absolute Gasteiger partial charge is 0.549 e. The SMILES string of the molecule is N[C@@H]1CCCC[C@H]1N.O=C(CCCCCCC(C(=O)[O-])C(=O)[O-])NO.[Pt+2]. The Morgan fingerprint density at radius 3 is 1.81 bits per heavy atom. The second-order valence-corrected chi connectivity index (χ2v) is 6.29. The molecule has 1 rings (SSSR count). The number of carbonyl (C=O) groups excluding carboxylic acids is 3. The fraction of sp³-hybridized carbons (Fsp3) is 0.812. The molecule has 0 saturated heterocycles. The zero-order chi connectivity index (χ0) is 19.2. The van der Waals surface area contributed by atoms with Crippen LogP contribution in [0.2, 0.25) is 0 Å². The van der Waals surface area contributed by atoms with Crippen LogP contribution >= 0.6 is 0 Å². The molecule has 0 aromatic rings. The van der Waals surface area contributed by atoms with Crippen molar-refractivity contribution in [2.75, 3.05) is 0 Å². The average molecular weight is 555 g/mol. The van der Waals surface area contributed by atoms with Crippen molar-refractivity contribution >= 4 is 17.8 Å². The van der Waals surface area contributed by atoms with E-state index in [2.05, 4.69) is 0 Å². The van der Waals surface area contributed by atoms with Gasteiger partial charge in [0, 0.05) is 24.4 Å². The van der Waals surface area contributed by atoms with Crippen molar-refractivity contribution in [2.45, 2.75) is 76.3 Å². The zero-order valence-electron chi connectivity index (χ0n) is 14.8. The number of hydroxylamine groups is 1. The summed E-state index contributed by atoms with van der Waals surface area (Å²) < 4.78 is 0. The van der Waals surface area contributed by atoms with Crippen molar-refractivity contribution in [1.29, 1.82) is 0 Å². The van der Waals surface area contributed by atoms with E-state index in [0.717, 1.165) is 12.8 Å². The van der Waals surface area contributed by atoms with Gasteiger partial charge in [0.25, 0.3) is 0 Å². The molecule has 0 aliphatic heterocycles. The number of carboxylic acids is 2. The van der Waals surface area contributed by atoms with E-state index < -0.39 is 23.8 Å². The van der Waals surface area contributed by atoms with Crippen LogP contribution in [0.15, 0.2) is 0 Å². The number of carboxylic acid groups (broad SMARTS) is 2. The van der Waals surface area contributed by atoms with E-state index in [1.165, 1.54) is 18.3 Å². The molecule has 2 atom stereocenters. The molecule has 0 bridgehead atoms. The molecule has 1 aliphatic rings. The van der Waals surface area contributed by atoms with Crippen molar-refractivity contribution < 1.29 is 50.9 Å². The van der Waals surface area contributed by atoms with E-state index in [1.54, 1.807) is 0 Å². The third-order valence-electron chi connectivity index (χ3n) is 4.22. The first-order chi connectivity index (χ1) is 11.8. The predicted octanol–water partition coefficient (Wildman–Crippen LogP) is -1.84. The number of nitrogens with two attached hydrogens (primary N) is 2. The number of hydrogen-bond acceptors (Lipinski definition) is 8. The van der Waals surface area contributed by atoms with Crippen molar-refractivity contribution in [2.24, 2.45) is 17.4 Å². The van der Waals surface area contributed by atoms with Gasteiger partial charge in [-0.3, -0.25) is 10.0 Å². The molecule has 1 amide bonds. The molecule has 9 nitrogen and oxygen atoms in total. The number of nitrogens with one attached hydrogen (secondary N) is 1. The van der Waals surface area contributed by atoms with Crippen LogP contribution in [-0.4, -0.2) is 35.1 Å². The molecule has 1 fully saturated rings. The van der Waals surface area contributed by atoms with Crippen LogP contribution in [0.25, 0.3) is 0 Å². The summed E-state index contributed by atoms with van der Waals surface area (Å²) >= 11 is 0. The van der Waals surface area contributed by atoms with E-state index in [9.17, 15) is 24.6 Å². The summed E-state index contributed by atoms with van der Waals surface area (Å²) in [6.07, 6.45) is 7.17. The molecule has 26 heavy (non-hydrogen) atoms. The van der Waals surface area contributed by atoms with Gasteiger partial charge in [0.1, 0.15) is 0 Å². The van der Waals surface area contributed by atoms with Gasteiger partial charge in [0.2, 0.25) is 5.91 Å². The first-order valence-electron chi connectivity index (χ1n) is 8.65. The van der Waals surface area contributed by atoms with Crippen molar-refractivity contribution in [3.05, 3.63) is 0 Å².